The van der Waals surface area contributed by atoms with Crippen molar-refractivity contribution in [1.82, 2.24) is 4.90 Å². The van der Waals surface area contributed by atoms with E-state index in [0.717, 1.165) is 25.9 Å². The minimum absolute atomic E-state index is 0.191. The first-order valence-corrected chi connectivity index (χ1v) is 5.02. The van der Waals surface area contributed by atoms with Crippen molar-refractivity contribution in [3.63, 3.8) is 0 Å². The highest BCUT2D eigenvalue weighted by molar-refractivity contribution is 5.82. The summed E-state index contributed by atoms with van der Waals surface area (Å²) in [5.41, 5.74) is 5.54. The smallest absolute Gasteiger partial charge is 0.228 e. The summed E-state index contributed by atoms with van der Waals surface area (Å²) in [6.45, 7) is 7.62. The normalized spacial score (nSPS) is 23.7. The molecule has 3 nitrogen and oxygen atoms in total. The molecule has 3 heteroatoms. The van der Waals surface area contributed by atoms with Crippen LogP contribution in [0.2, 0.25) is 0 Å². The van der Waals surface area contributed by atoms with E-state index in [1.807, 2.05) is 25.7 Å². The van der Waals surface area contributed by atoms with Gasteiger partial charge in [-0.1, -0.05) is 20.8 Å². The molecule has 76 valence electrons. The van der Waals surface area contributed by atoms with Crippen LogP contribution in [0.3, 0.4) is 0 Å². The number of amides is 1. The van der Waals surface area contributed by atoms with Gasteiger partial charge in [0, 0.05) is 24.5 Å². The van der Waals surface area contributed by atoms with Crippen LogP contribution in [-0.2, 0) is 4.79 Å². The molecule has 0 aromatic rings. The summed E-state index contributed by atoms with van der Waals surface area (Å²) in [6.07, 6.45) is 1.84. The van der Waals surface area contributed by atoms with E-state index in [4.69, 9.17) is 5.73 Å². The highest BCUT2D eigenvalue weighted by atomic mass is 16.2. The van der Waals surface area contributed by atoms with E-state index in [0.29, 0.717) is 0 Å². The van der Waals surface area contributed by atoms with Crippen LogP contribution in [0.1, 0.15) is 33.6 Å². The maximum absolute atomic E-state index is 11.9. The zero-order valence-corrected chi connectivity index (χ0v) is 8.84. The van der Waals surface area contributed by atoms with E-state index in [1.165, 1.54) is 0 Å². The van der Waals surface area contributed by atoms with Crippen molar-refractivity contribution in [3.8, 4) is 0 Å². The van der Waals surface area contributed by atoms with Gasteiger partial charge in [-0.25, -0.2) is 0 Å². The predicted octanol–water partition coefficient (Wildman–Crippen LogP) is 0.982. The fourth-order valence-corrected chi connectivity index (χ4v) is 1.55. The van der Waals surface area contributed by atoms with Gasteiger partial charge >= 0.3 is 0 Å². The van der Waals surface area contributed by atoms with Crippen molar-refractivity contribution < 1.29 is 4.79 Å². The van der Waals surface area contributed by atoms with E-state index in [9.17, 15) is 4.79 Å². The molecule has 1 atom stereocenters. The van der Waals surface area contributed by atoms with Gasteiger partial charge in [0.15, 0.2) is 0 Å². The summed E-state index contributed by atoms with van der Waals surface area (Å²) in [5, 5.41) is 0. The average molecular weight is 184 g/mol. The van der Waals surface area contributed by atoms with Crippen LogP contribution >= 0.6 is 0 Å². The van der Waals surface area contributed by atoms with Crippen molar-refractivity contribution in [2.24, 2.45) is 11.1 Å². The maximum Gasteiger partial charge on any atom is 0.228 e. The molecule has 1 rings (SSSR count). The molecule has 1 amide bonds. The molecule has 1 aliphatic rings. The maximum atomic E-state index is 11.9. The van der Waals surface area contributed by atoms with Crippen LogP contribution < -0.4 is 5.73 Å². The molecule has 0 saturated carbocycles. The molecule has 0 aromatic carbocycles. The Morgan fingerprint density at radius 3 is 2.62 bits per heavy atom. The van der Waals surface area contributed by atoms with E-state index in [-0.39, 0.29) is 17.4 Å². The molecule has 0 radical (unpaired) electrons. The van der Waals surface area contributed by atoms with Crippen molar-refractivity contribution >= 4 is 5.91 Å². The third kappa shape index (κ3) is 2.21. The number of hydrogen-bond donors (Lipinski definition) is 1. The van der Waals surface area contributed by atoms with Gasteiger partial charge in [-0.05, 0) is 12.8 Å². The second kappa shape index (κ2) is 3.66. The third-order valence-corrected chi connectivity index (χ3v) is 2.97. The average Bonchev–Trinajstić information content (AvgIpc) is 2.50. The van der Waals surface area contributed by atoms with Gasteiger partial charge in [0.05, 0.1) is 0 Å². The van der Waals surface area contributed by atoms with Crippen LogP contribution in [0.4, 0.5) is 0 Å². The molecule has 1 aliphatic heterocycles. The molecule has 1 fully saturated rings. The van der Waals surface area contributed by atoms with Crippen LogP contribution in [0.5, 0.6) is 0 Å². The molecule has 0 spiro atoms. The number of nitrogens with two attached hydrogens (primary N) is 1. The fraction of sp³-hybridized carbons (Fsp3) is 0.900. The molecule has 0 aliphatic carbocycles. The lowest BCUT2D eigenvalue weighted by molar-refractivity contribution is -0.139. The summed E-state index contributed by atoms with van der Waals surface area (Å²) in [5.74, 6) is 0.253. The summed E-state index contributed by atoms with van der Waals surface area (Å²) in [4.78, 5) is 13.8. The molecule has 0 aromatic heterocycles. The van der Waals surface area contributed by atoms with E-state index < -0.39 is 0 Å². The second-order valence-corrected chi connectivity index (χ2v) is 4.54. The Morgan fingerprint density at radius 1 is 1.62 bits per heavy atom. The number of nitrogens with zero attached hydrogens (tertiary/aromatic N) is 1. The summed E-state index contributed by atoms with van der Waals surface area (Å²) in [6, 6.07) is 0.191. The number of hydrogen-bond acceptors (Lipinski definition) is 2. The first kappa shape index (κ1) is 10.5. The highest BCUT2D eigenvalue weighted by Crippen LogP contribution is 2.24. The first-order valence-electron chi connectivity index (χ1n) is 5.02. The summed E-state index contributed by atoms with van der Waals surface area (Å²) in [7, 11) is 0. The minimum atomic E-state index is -0.218. The standard InChI is InChI=1S/C10H20N2O/c1-4-10(2,3)9(13)12-6-5-8(11)7-12/h8H,4-7,11H2,1-3H3/t8-/m1/s1. The molecule has 1 heterocycles. The van der Waals surface area contributed by atoms with Crippen molar-refractivity contribution in [3.05, 3.63) is 0 Å². The van der Waals surface area contributed by atoms with Gasteiger partial charge in [-0.3, -0.25) is 4.79 Å². The Hall–Kier alpha value is -0.570. The van der Waals surface area contributed by atoms with E-state index >= 15 is 0 Å². The number of carbonyl (C=O) groups excluding carboxylic acids is 1. The molecule has 2 N–H and O–H groups in total. The third-order valence-electron chi connectivity index (χ3n) is 2.97. The Morgan fingerprint density at radius 2 is 2.23 bits per heavy atom. The quantitative estimate of drug-likeness (QED) is 0.695. The van der Waals surface area contributed by atoms with Crippen LogP contribution in [0.25, 0.3) is 0 Å². The van der Waals surface area contributed by atoms with Gasteiger partial charge in [-0.15, -0.1) is 0 Å². The lowest BCUT2D eigenvalue weighted by Gasteiger charge is -2.27. The minimum Gasteiger partial charge on any atom is -0.341 e. The largest absolute Gasteiger partial charge is 0.341 e. The summed E-state index contributed by atoms with van der Waals surface area (Å²) < 4.78 is 0. The molecule has 0 unspecified atom stereocenters. The topological polar surface area (TPSA) is 46.3 Å². The Balaban J connectivity index is 2.58. The van der Waals surface area contributed by atoms with Crippen LogP contribution in [0.15, 0.2) is 0 Å². The molecular formula is C10H20N2O. The Kier molecular flexibility index (Phi) is 2.96. The molecule has 0 bridgehead atoms. The number of rotatable bonds is 2. The van der Waals surface area contributed by atoms with Gasteiger partial charge in [-0.2, -0.15) is 0 Å². The first-order chi connectivity index (χ1) is 5.97. The zero-order chi connectivity index (χ0) is 10.1. The second-order valence-electron chi connectivity index (χ2n) is 4.54. The molecule has 13 heavy (non-hydrogen) atoms. The van der Waals surface area contributed by atoms with Gasteiger partial charge in [0.25, 0.3) is 0 Å². The van der Waals surface area contributed by atoms with Gasteiger partial charge in [0.2, 0.25) is 5.91 Å². The predicted molar refractivity (Wildman–Crippen MR) is 53.2 cm³/mol. The summed E-state index contributed by atoms with van der Waals surface area (Å²) >= 11 is 0. The van der Waals surface area contributed by atoms with Crippen molar-refractivity contribution in [1.29, 1.82) is 0 Å². The number of likely N-dealkylation sites (tertiary alicyclic amines) is 1. The Labute approximate surface area is 80.3 Å². The molecule has 1 saturated heterocycles. The SMILES string of the molecule is CCC(C)(C)C(=O)N1CC[C@@H](N)C1. The fourth-order valence-electron chi connectivity index (χ4n) is 1.55. The monoisotopic (exact) mass is 184 g/mol. The number of carbonyl (C=O) groups is 1. The van der Waals surface area contributed by atoms with Crippen LogP contribution in [-0.4, -0.2) is 29.9 Å². The van der Waals surface area contributed by atoms with E-state index in [1.54, 1.807) is 0 Å². The van der Waals surface area contributed by atoms with Crippen molar-refractivity contribution in [2.75, 3.05) is 13.1 Å². The van der Waals surface area contributed by atoms with Crippen LogP contribution in [0, 0.1) is 5.41 Å². The van der Waals surface area contributed by atoms with E-state index in [2.05, 4.69) is 0 Å². The lowest BCUT2D eigenvalue weighted by Crippen LogP contribution is -2.40. The molecular weight excluding hydrogens is 164 g/mol. The highest BCUT2D eigenvalue weighted by Gasteiger charge is 2.33. The van der Waals surface area contributed by atoms with Crippen molar-refractivity contribution in [2.45, 2.75) is 39.7 Å². The Bertz CT molecular complexity index is 201. The lowest BCUT2D eigenvalue weighted by atomic mass is 9.89. The van der Waals surface area contributed by atoms with Gasteiger partial charge in [0.1, 0.15) is 0 Å². The van der Waals surface area contributed by atoms with Gasteiger partial charge < -0.3 is 10.6 Å². The zero-order valence-electron chi connectivity index (χ0n) is 8.84.